The fourth-order valence-corrected chi connectivity index (χ4v) is 2.08. The summed E-state index contributed by atoms with van der Waals surface area (Å²) in [7, 11) is 0. The molecule has 2 aromatic rings. The molecule has 0 spiro atoms. The summed E-state index contributed by atoms with van der Waals surface area (Å²) in [6.07, 6.45) is 5.21. The number of anilines is 1. The van der Waals surface area contributed by atoms with Crippen molar-refractivity contribution in [2.75, 3.05) is 11.9 Å². The molecular weight excluding hydrogens is 232 g/mol. The average molecular weight is 246 g/mol. The average Bonchev–Trinajstić information content (AvgIpc) is 2.40. The zero-order valence-electron chi connectivity index (χ0n) is 9.63. The number of thioether (sulfide) groups is 1. The van der Waals surface area contributed by atoms with Gasteiger partial charge < -0.3 is 5.32 Å². The van der Waals surface area contributed by atoms with Crippen LogP contribution in [0.25, 0.3) is 0 Å². The fraction of sp³-hybridized carbons (Fsp3) is 0.250. The SMILES string of the molecule is CCNc1ccc(CSc2ccncn2)cn1. The van der Waals surface area contributed by atoms with Crippen LogP contribution in [0.15, 0.2) is 41.9 Å². The number of rotatable bonds is 5. The van der Waals surface area contributed by atoms with Crippen molar-refractivity contribution in [1.29, 1.82) is 0 Å². The molecule has 88 valence electrons. The molecule has 0 fully saturated rings. The van der Waals surface area contributed by atoms with Gasteiger partial charge in [0.25, 0.3) is 0 Å². The molecule has 2 aromatic heterocycles. The van der Waals surface area contributed by atoms with Crippen LogP contribution in [0.4, 0.5) is 5.82 Å². The Kier molecular flexibility index (Phi) is 4.32. The van der Waals surface area contributed by atoms with Crippen LogP contribution in [-0.4, -0.2) is 21.5 Å². The lowest BCUT2D eigenvalue weighted by atomic mass is 10.3. The number of pyridine rings is 1. The molecule has 0 aliphatic rings. The summed E-state index contributed by atoms with van der Waals surface area (Å²) in [6, 6.07) is 5.99. The maximum Gasteiger partial charge on any atom is 0.125 e. The molecule has 0 aromatic carbocycles. The van der Waals surface area contributed by atoms with Crippen LogP contribution < -0.4 is 5.32 Å². The number of aromatic nitrogens is 3. The lowest BCUT2D eigenvalue weighted by Crippen LogP contribution is -1.98. The molecule has 17 heavy (non-hydrogen) atoms. The Morgan fingerprint density at radius 3 is 2.82 bits per heavy atom. The maximum absolute atomic E-state index is 4.32. The second-order valence-corrected chi connectivity index (χ2v) is 4.41. The van der Waals surface area contributed by atoms with E-state index >= 15 is 0 Å². The summed E-state index contributed by atoms with van der Waals surface area (Å²) in [6.45, 7) is 2.95. The molecule has 0 atom stereocenters. The zero-order chi connectivity index (χ0) is 11.9. The first kappa shape index (κ1) is 11.9. The van der Waals surface area contributed by atoms with Gasteiger partial charge in [0.15, 0.2) is 0 Å². The van der Waals surface area contributed by atoms with Crippen LogP contribution >= 0.6 is 11.8 Å². The van der Waals surface area contributed by atoms with E-state index in [1.54, 1.807) is 24.3 Å². The molecule has 5 heteroatoms. The summed E-state index contributed by atoms with van der Waals surface area (Å²) < 4.78 is 0. The van der Waals surface area contributed by atoms with Gasteiger partial charge in [-0.25, -0.2) is 15.0 Å². The van der Waals surface area contributed by atoms with Crippen molar-refractivity contribution in [1.82, 2.24) is 15.0 Å². The van der Waals surface area contributed by atoms with E-state index in [0.717, 1.165) is 23.1 Å². The van der Waals surface area contributed by atoms with Gasteiger partial charge >= 0.3 is 0 Å². The molecule has 0 saturated heterocycles. The smallest absolute Gasteiger partial charge is 0.125 e. The molecule has 0 unspecified atom stereocenters. The molecule has 1 N–H and O–H groups in total. The van der Waals surface area contributed by atoms with Gasteiger partial charge in [-0.1, -0.05) is 6.07 Å². The van der Waals surface area contributed by atoms with Crippen LogP contribution in [-0.2, 0) is 5.75 Å². The maximum atomic E-state index is 4.32. The molecule has 0 radical (unpaired) electrons. The quantitative estimate of drug-likeness (QED) is 0.649. The molecule has 4 nitrogen and oxygen atoms in total. The second kappa shape index (κ2) is 6.20. The molecular formula is C12H14N4S. The molecule has 2 heterocycles. The van der Waals surface area contributed by atoms with E-state index in [1.807, 2.05) is 18.3 Å². The normalized spacial score (nSPS) is 10.2. The van der Waals surface area contributed by atoms with Crippen LogP contribution in [0.2, 0.25) is 0 Å². The highest BCUT2D eigenvalue weighted by molar-refractivity contribution is 7.98. The minimum atomic E-state index is 0.871. The van der Waals surface area contributed by atoms with Crippen LogP contribution in [0.3, 0.4) is 0 Å². The lowest BCUT2D eigenvalue weighted by Gasteiger charge is -2.03. The summed E-state index contributed by atoms with van der Waals surface area (Å²) in [5.74, 6) is 1.79. The standard InChI is InChI=1S/C12H14N4S/c1-2-14-11-4-3-10(7-15-11)8-17-12-5-6-13-9-16-12/h3-7,9H,2,8H2,1H3,(H,14,15). The Labute approximate surface area is 105 Å². The van der Waals surface area contributed by atoms with E-state index in [4.69, 9.17) is 0 Å². The third-order valence-electron chi connectivity index (χ3n) is 2.12. The van der Waals surface area contributed by atoms with Crippen LogP contribution in [0.5, 0.6) is 0 Å². The largest absolute Gasteiger partial charge is 0.370 e. The van der Waals surface area contributed by atoms with Gasteiger partial charge in [-0.15, -0.1) is 11.8 Å². The highest BCUT2D eigenvalue weighted by Crippen LogP contribution is 2.19. The molecule has 0 aliphatic heterocycles. The Hall–Kier alpha value is -1.62. The van der Waals surface area contributed by atoms with E-state index in [2.05, 4.69) is 33.3 Å². The Bertz CT molecular complexity index is 444. The van der Waals surface area contributed by atoms with E-state index in [9.17, 15) is 0 Å². The first-order valence-electron chi connectivity index (χ1n) is 5.46. The lowest BCUT2D eigenvalue weighted by molar-refractivity contribution is 1.05. The number of hydrogen-bond acceptors (Lipinski definition) is 5. The number of nitrogens with one attached hydrogen (secondary N) is 1. The van der Waals surface area contributed by atoms with Crippen LogP contribution in [0, 0.1) is 0 Å². The van der Waals surface area contributed by atoms with Crippen molar-refractivity contribution in [3.05, 3.63) is 42.5 Å². The monoisotopic (exact) mass is 246 g/mol. The van der Waals surface area contributed by atoms with E-state index in [1.165, 1.54) is 5.56 Å². The van der Waals surface area contributed by atoms with Gasteiger partial charge in [0.05, 0.1) is 5.03 Å². The molecule has 0 aliphatic carbocycles. The van der Waals surface area contributed by atoms with Crippen molar-refractivity contribution in [3.63, 3.8) is 0 Å². The van der Waals surface area contributed by atoms with Gasteiger partial charge in [-0.05, 0) is 24.6 Å². The Morgan fingerprint density at radius 2 is 2.18 bits per heavy atom. The van der Waals surface area contributed by atoms with Crippen molar-refractivity contribution in [2.24, 2.45) is 0 Å². The summed E-state index contributed by atoms with van der Waals surface area (Å²) in [5.41, 5.74) is 1.19. The van der Waals surface area contributed by atoms with E-state index in [0.29, 0.717) is 0 Å². The molecule has 0 bridgehead atoms. The van der Waals surface area contributed by atoms with E-state index in [-0.39, 0.29) is 0 Å². The van der Waals surface area contributed by atoms with Gasteiger partial charge in [-0.3, -0.25) is 0 Å². The van der Waals surface area contributed by atoms with Gasteiger partial charge in [0.1, 0.15) is 12.1 Å². The molecule has 0 saturated carbocycles. The zero-order valence-corrected chi connectivity index (χ0v) is 10.4. The minimum absolute atomic E-state index is 0.871. The minimum Gasteiger partial charge on any atom is -0.370 e. The summed E-state index contributed by atoms with van der Waals surface area (Å²) >= 11 is 1.68. The van der Waals surface area contributed by atoms with Gasteiger partial charge in [-0.2, -0.15) is 0 Å². The van der Waals surface area contributed by atoms with Crippen molar-refractivity contribution < 1.29 is 0 Å². The van der Waals surface area contributed by atoms with Crippen molar-refractivity contribution in [2.45, 2.75) is 17.7 Å². The molecule has 0 amide bonds. The summed E-state index contributed by atoms with van der Waals surface area (Å²) in [5, 5.41) is 4.15. The highest BCUT2D eigenvalue weighted by atomic mass is 32.2. The highest BCUT2D eigenvalue weighted by Gasteiger charge is 1.98. The van der Waals surface area contributed by atoms with Gasteiger partial charge in [0.2, 0.25) is 0 Å². The second-order valence-electron chi connectivity index (χ2n) is 3.42. The van der Waals surface area contributed by atoms with Gasteiger partial charge in [0, 0.05) is 24.7 Å². The van der Waals surface area contributed by atoms with Crippen LogP contribution in [0.1, 0.15) is 12.5 Å². The predicted octanol–water partition coefficient (Wildman–Crippen LogP) is 2.60. The fourth-order valence-electron chi connectivity index (χ4n) is 1.32. The number of nitrogens with zero attached hydrogens (tertiary/aromatic N) is 3. The Balaban J connectivity index is 1.91. The van der Waals surface area contributed by atoms with E-state index < -0.39 is 0 Å². The first-order chi connectivity index (χ1) is 8.38. The number of hydrogen-bond donors (Lipinski definition) is 1. The predicted molar refractivity (Wildman–Crippen MR) is 70.0 cm³/mol. The summed E-state index contributed by atoms with van der Waals surface area (Å²) in [4.78, 5) is 12.4. The Morgan fingerprint density at radius 1 is 1.24 bits per heavy atom. The third-order valence-corrected chi connectivity index (χ3v) is 3.14. The first-order valence-corrected chi connectivity index (χ1v) is 6.44. The molecule has 2 rings (SSSR count). The van der Waals surface area contributed by atoms with Crippen molar-refractivity contribution >= 4 is 17.6 Å². The third kappa shape index (κ3) is 3.71. The van der Waals surface area contributed by atoms with Crippen molar-refractivity contribution in [3.8, 4) is 0 Å². The topological polar surface area (TPSA) is 50.7 Å².